The number of rotatable bonds is 2. The molecule has 1 aromatic rings. The number of ether oxygens (including phenoxy) is 1. The van der Waals surface area contributed by atoms with Gasteiger partial charge in [0.2, 0.25) is 5.91 Å². The molecule has 0 saturated heterocycles. The molecule has 1 N–H and O–H groups in total. The highest BCUT2D eigenvalue weighted by atomic mass is 32.1. The number of thiazole rings is 1. The number of hydrogen-bond donors (Lipinski definition) is 1. The van der Waals surface area contributed by atoms with Crippen molar-refractivity contribution in [3.8, 4) is 0 Å². The van der Waals surface area contributed by atoms with Gasteiger partial charge in [-0.2, -0.15) is 0 Å². The lowest BCUT2D eigenvalue weighted by Crippen LogP contribution is -2.39. The van der Waals surface area contributed by atoms with Crippen molar-refractivity contribution in [1.29, 1.82) is 0 Å². The van der Waals surface area contributed by atoms with Gasteiger partial charge in [-0.05, 0) is 32.8 Å². The second kappa shape index (κ2) is 6.48. The zero-order chi connectivity index (χ0) is 16.3. The monoisotopic (exact) mass is 323 g/mol. The van der Waals surface area contributed by atoms with E-state index in [0.29, 0.717) is 18.2 Å². The van der Waals surface area contributed by atoms with Crippen LogP contribution in [0.25, 0.3) is 5.57 Å². The molecular weight excluding hydrogens is 302 g/mol. The Bertz CT molecular complexity index is 601. The van der Waals surface area contributed by atoms with Crippen molar-refractivity contribution < 1.29 is 14.3 Å². The molecule has 1 aromatic heterocycles. The Kier molecular flexibility index (Phi) is 4.85. The second-order valence-corrected chi connectivity index (χ2v) is 7.15. The first-order valence-electron chi connectivity index (χ1n) is 7.15. The Balaban J connectivity index is 1.98. The first kappa shape index (κ1) is 16.5. The van der Waals surface area contributed by atoms with Crippen LogP contribution >= 0.6 is 11.3 Å². The van der Waals surface area contributed by atoms with Gasteiger partial charge in [0, 0.05) is 26.2 Å². The van der Waals surface area contributed by atoms with E-state index < -0.39 is 5.60 Å². The fourth-order valence-corrected chi connectivity index (χ4v) is 2.95. The number of hydrogen-bond acceptors (Lipinski definition) is 5. The van der Waals surface area contributed by atoms with Crippen LogP contribution in [0.3, 0.4) is 0 Å². The molecule has 2 amide bonds. The molecule has 0 atom stereocenters. The smallest absolute Gasteiger partial charge is 0.410 e. The van der Waals surface area contributed by atoms with Crippen LogP contribution in [0.1, 0.15) is 39.0 Å². The third kappa shape index (κ3) is 4.56. The highest BCUT2D eigenvalue weighted by Crippen LogP contribution is 2.29. The van der Waals surface area contributed by atoms with Gasteiger partial charge in [0.15, 0.2) is 5.13 Å². The summed E-state index contributed by atoms with van der Waals surface area (Å²) in [5.41, 5.74) is 0.667. The van der Waals surface area contributed by atoms with E-state index >= 15 is 0 Å². The number of nitrogens with zero attached hydrogens (tertiary/aromatic N) is 2. The summed E-state index contributed by atoms with van der Waals surface area (Å²) in [6, 6.07) is 0. The second-order valence-electron chi connectivity index (χ2n) is 6.12. The molecule has 6 nitrogen and oxygen atoms in total. The molecule has 22 heavy (non-hydrogen) atoms. The van der Waals surface area contributed by atoms with Gasteiger partial charge in [-0.3, -0.25) is 4.79 Å². The molecule has 2 heterocycles. The fourth-order valence-electron chi connectivity index (χ4n) is 2.02. The van der Waals surface area contributed by atoms with Crippen molar-refractivity contribution in [3.63, 3.8) is 0 Å². The van der Waals surface area contributed by atoms with Gasteiger partial charge >= 0.3 is 6.09 Å². The fraction of sp³-hybridized carbons (Fsp3) is 0.533. The van der Waals surface area contributed by atoms with E-state index in [1.165, 1.54) is 18.3 Å². The van der Waals surface area contributed by atoms with Crippen LogP contribution in [0.2, 0.25) is 0 Å². The molecule has 0 aromatic carbocycles. The lowest BCUT2D eigenvalue weighted by molar-refractivity contribution is -0.114. The topological polar surface area (TPSA) is 71.5 Å². The molecule has 0 bridgehead atoms. The van der Waals surface area contributed by atoms with Gasteiger partial charge in [-0.25, -0.2) is 9.78 Å². The van der Waals surface area contributed by atoms with Crippen molar-refractivity contribution >= 4 is 34.0 Å². The molecule has 0 aliphatic carbocycles. The highest BCUT2D eigenvalue weighted by molar-refractivity contribution is 7.16. The van der Waals surface area contributed by atoms with E-state index in [0.717, 1.165) is 16.9 Å². The first-order valence-corrected chi connectivity index (χ1v) is 7.97. The van der Waals surface area contributed by atoms with Crippen molar-refractivity contribution in [2.24, 2.45) is 0 Å². The molecule has 0 unspecified atom stereocenters. The van der Waals surface area contributed by atoms with E-state index in [9.17, 15) is 9.59 Å². The van der Waals surface area contributed by atoms with E-state index in [2.05, 4.69) is 10.3 Å². The SMILES string of the molecule is CC(=O)Nc1ncc(C2=CCN(C(=O)OC(C)(C)C)CC2)s1. The number of carbonyl (C=O) groups is 2. The lowest BCUT2D eigenvalue weighted by Gasteiger charge is -2.29. The number of nitrogens with one attached hydrogen (secondary N) is 1. The molecule has 120 valence electrons. The minimum atomic E-state index is -0.480. The average Bonchev–Trinajstić information content (AvgIpc) is 2.84. The summed E-state index contributed by atoms with van der Waals surface area (Å²) in [5, 5.41) is 3.27. The summed E-state index contributed by atoms with van der Waals surface area (Å²) in [4.78, 5) is 29.9. The summed E-state index contributed by atoms with van der Waals surface area (Å²) in [7, 11) is 0. The lowest BCUT2D eigenvalue weighted by atomic mass is 10.1. The molecule has 2 rings (SSSR count). The molecule has 1 aliphatic rings. The van der Waals surface area contributed by atoms with Crippen LogP contribution in [-0.2, 0) is 9.53 Å². The van der Waals surface area contributed by atoms with Gasteiger partial charge in [-0.1, -0.05) is 17.4 Å². The van der Waals surface area contributed by atoms with E-state index in [1.807, 2.05) is 26.8 Å². The zero-order valence-electron chi connectivity index (χ0n) is 13.3. The molecule has 0 radical (unpaired) electrons. The predicted molar refractivity (Wildman–Crippen MR) is 86.8 cm³/mol. The van der Waals surface area contributed by atoms with Crippen molar-refractivity contribution in [2.75, 3.05) is 18.4 Å². The number of carbonyl (C=O) groups excluding carboxylic acids is 2. The van der Waals surface area contributed by atoms with Crippen molar-refractivity contribution in [2.45, 2.75) is 39.7 Å². The van der Waals surface area contributed by atoms with Crippen LogP contribution in [0.15, 0.2) is 12.3 Å². The van der Waals surface area contributed by atoms with Crippen molar-refractivity contribution in [1.82, 2.24) is 9.88 Å². The largest absolute Gasteiger partial charge is 0.444 e. The van der Waals surface area contributed by atoms with Crippen LogP contribution < -0.4 is 5.32 Å². The Morgan fingerprint density at radius 3 is 2.68 bits per heavy atom. The Hall–Kier alpha value is -1.89. The summed E-state index contributed by atoms with van der Waals surface area (Å²) < 4.78 is 5.37. The molecule has 7 heteroatoms. The molecule has 1 aliphatic heterocycles. The standard InChI is InChI=1S/C15H21N3O3S/c1-10(19)17-13-16-9-12(22-13)11-5-7-18(8-6-11)14(20)21-15(2,3)4/h5,9H,6-8H2,1-4H3,(H,16,17,19). The molecule has 0 saturated carbocycles. The highest BCUT2D eigenvalue weighted by Gasteiger charge is 2.24. The maximum absolute atomic E-state index is 12.0. The number of aromatic nitrogens is 1. The van der Waals surface area contributed by atoms with Crippen LogP contribution in [0.4, 0.5) is 9.93 Å². The van der Waals surface area contributed by atoms with Gasteiger partial charge in [0.25, 0.3) is 0 Å². The van der Waals surface area contributed by atoms with E-state index in [1.54, 1.807) is 11.1 Å². The molecule has 0 spiro atoms. The molecular formula is C15H21N3O3S. The Morgan fingerprint density at radius 1 is 1.41 bits per heavy atom. The summed E-state index contributed by atoms with van der Waals surface area (Å²) in [6.45, 7) is 8.18. The predicted octanol–water partition coefficient (Wildman–Crippen LogP) is 3.13. The van der Waals surface area contributed by atoms with Crippen molar-refractivity contribution in [3.05, 3.63) is 17.2 Å². The summed E-state index contributed by atoms with van der Waals surface area (Å²) in [6.07, 6.45) is 4.23. The van der Waals surface area contributed by atoms with Gasteiger partial charge in [0.1, 0.15) is 5.60 Å². The summed E-state index contributed by atoms with van der Waals surface area (Å²) in [5.74, 6) is -0.130. The maximum atomic E-state index is 12.0. The van der Waals surface area contributed by atoms with Gasteiger partial charge in [0.05, 0.1) is 4.88 Å². The van der Waals surface area contributed by atoms with Gasteiger partial charge < -0.3 is 15.0 Å². The minimum absolute atomic E-state index is 0.130. The average molecular weight is 323 g/mol. The first-order chi connectivity index (χ1) is 10.2. The minimum Gasteiger partial charge on any atom is -0.444 e. The number of amides is 2. The third-order valence-corrected chi connectivity index (χ3v) is 3.95. The normalized spacial score (nSPS) is 15.3. The number of anilines is 1. The van der Waals surface area contributed by atoms with Crippen LogP contribution in [0.5, 0.6) is 0 Å². The zero-order valence-corrected chi connectivity index (χ0v) is 14.1. The van der Waals surface area contributed by atoms with Gasteiger partial charge in [-0.15, -0.1) is 0 Å². The Morgan fingerprint density at radius 2 is 2.14 bits per heavy atom. The Labute approximate surface area is 134 Å². The van der Waals surface area contributed by atoms with Crippen LogP contribution in [-0.4, -0.2) is 40.6 Å². The summed E-state index contributed by atoms with van der Waals surface area (Å²) >= 11 is 1.44. The van der Waals surface area contributed by atoms with Crippen LogP contribution in [0, 0.1) is 0 Å². The molecule has 0 fully saturated rings. The third-order valence-electron chi connectivity index (χ3n) is 2.97. The maximum Gasteiger partial charge on any atom is 0.410 e. The quantitative estimate of drug-likeness (QED) is 0.907. The van der Waals surface area contributed by atoms with E-state index in [4.69, 9.17) is 4.74 Å². The van der Waals surface area contributed by atoms with E-state index in [-0.39, 0.29) is 12.0 Å².